The standard InChI is InChI=1S/C8H14F4O4S.C2H5F.CH3F/c1-15-17(13,14)6-16-7(8(10,11)12)4-2-3-5-9;1-2-3;1-2/h7H,2-6H2,1H3;2H2,1H3;1H3. The van der Waals surface area contributed by atoms with Gasteiger partial charge in [0, 0.05) is 0 Å². The first kappa shape index (κ1) is 26.4. The highest BCUT2D eigenvalue weighted by Gasteiger charge is 2.40. The van der Waals surface area contributed by atoms with Crippen molar-refractivity contribution < 1.29 is 43.7 Å². The lowest BCUT2D eigenvalue weighted by atomic mass is 10.1. The molecular weight excluding hydrogens is 342 g/mol. The maximum absolute atomic E-state index is 12.4. The summed E-state index contributed by atoms with van der Waals surface area (Å²) in [7, 11) is -2.78. The van der Waals surface area contributed by atoms with Gasteiger partial charge in [-0.1, -0.05) is 0 Å². The minimum absolute atomic E-state index is 0.0209. The topological polar surface area (TPSA) is 52.6 Å². The zero-order valence-corrected chi connectivity index (χ0v) is 13.4. The molecule has 0 radical (unpaired) electrons. The third-order valence-corrected chi connectivity index (χ3v) is 2.82. The molecule has 0 heterocycles. The number of ether oxygens (including phenoxy) is 1. The van der Waals surface area contributed by atoms with Gasteiger partial charge in [0.05, 0.1) is 27.6 Å². The normalized spacial score (nSPS) is 12.6. The largest absolute Gasteiger partial charge is 0.414 e. The van der Waals surface area contributed by atoms with Crippen molar-refractivity contribution >= 4 is 10.1 Å². The molecule has 0 aliphatic carbocycles. The summed E-state index contributed by atoms with van der Waals surface area (Å²) in [5, 5.41) is 0. The van der Waals surface area contributed by atoms with Crippen molar-refractivity contribution in [1.29, 1.82) is 0 Å². The summed E-state index contributed by atoms with van der Waals surface area (Å²) in [6.07, 6.45) is -7.44. The molecule has 22 heavy (non-hydrogen) atoms. The van der Waals surface area contributed by atoms with Crippen LogP contribution in [0.3, 0.4) is 0 Å². The predicted octanol–water partition coefficient (Wildman–Crippen LogP) is 3.57. The third kappa shape index (κ3) is 17.5. The molecule has 0 aromatic carbocycles. The fourth-order valence-corrected chi connectivity index (χ4v) is 1.41. The Bertz CT molecular complexity index is 321. The lowest BCUT2D eigenvalue weighted by Gasteiger charge is -2.20. The van der Waals surface area contributed by atoms with E-state index in [0.29, 0.717) is 7.18 Å². The maximum atomic E-state index is 12.4. The van der Waals surface area contributed by atoms with Crippen molar-refractivity contribution in [3.05, 3.63) is 0 Å². The van der Waals surface area contributed by atoms with Gasteiger partial charge in [-0.05, 0) is 26.2 Å². The predicted molar refractivity (Wildman–Crippen MR) is 70.2 cm³/mol. The highest BCUT2D eigenvalue weighted by molar-refractivity contribution is 7.86. The summed E-state index contributed by atoms with van der Waals surface area (Å²) in [6.45, 7) is 0.487. The molecule has 0 aromatic rings. The molecule has 1 unspecified atom stereocenters. The lowest BCUT2D eigenvalue weighted by molar-refractivity contribution is -0.217. The van der Waals surface area contributed by atoms with Crippen molar-refractivity contribution in [2.45, 2.75) is 38.5 Å². The summed E-state index contributed by atoms with van der Waals surface area (Å²) >= 11 is 0. The zero-order valence-electron chi connectivity index (χ0n) is 12.6. The van der Waals surface area contributed by atoms with Crippen molar-refractivity contribution in [1.82, 2.24) is 0 Å². The fourth-order valence-electron chi connectivity index (χ4n) is 0.979. The van der Waals surface area contributed by atoms with Crippen LogP contribution in [0.15, 0.2) is 0 Å². The quantitative estimate of drug-likeness (QED) is 0.375. The van der Waals surface area contributed by atoms with Gasteiger partial charge in [-0.2, -0.15) is 21.6 Å². The van der Waals surface area contributed by atoms with E-state index in [9.17, 15) is 34.8 Å². The maximum Gasteiger partial charge on any atom is 0.414 e. The van der Waals surface area contributed by atoms with E-state index in [1.807, 2.05) is 0 Å². The fraction of sp³-hybridized carbons (Fsp3) is 1.00. The van der Waals surface area contributed by atoms with Crippen LogP contribution in [0.1, 0.15) is 26.2 Å². The van der Waals surface area contributed by atoms with E-state index in [1.165, 1.54) is 6.92 Å². The molecule has 0 aromatic heterocycles. The SMILES string of the molecule is CCF.CF.COS(=O)(=O)COC(CCCCF)C(F)(F)F. The molecule has 0 aliphatic rings. The second kappa shape index (κ2) is 15.3. The first-order chi connectivity index (χ1) is 10.1. The Morgan fingerprint density at radius 2 is 1.55 bits per heavy atom. The first-order valence-electron chi connectivity index (χ1n) is 6.10. The summed E-state index contributed by atoms with van der Waals surface area (Å²) in [6, 6.07) is 0. The molecular formula is C11H22F6O4S. The molecule has 138 valence electrons. The van der Waals surface area contributed by atoms with Gasteiger partial charge in [0.2, 0.25) is 0 Å². The highest BCUT2D eigenvalue weighted by atomic mass is 32.2. The number of alkyl halides is 6. The van der Waals surface area contributed by atoms with Crippen LogP contribution in [0, 0.1) is 0 Å². The minimum Gasteiger partial charge on any atom is -0.350 e. The van der Waals surface area contributed by atoms with Crippen LogP contribution in [-0.2, 0) is 19.0 Å². The molecule has 0 N–H and O–H groups in total. The molecule has 11 heteroatoms. The summed E-state index contributed by atoms with van der Waals surface area (Å²) in [4.78, 5) is 0. The van der Waals surface area contributed by atoms with E-state index in [0.717, 1.165) is 7.11 Å². The Morgan fingerprint density at radius 3 is 1.86 bits per heavy atom. The number of hydrogen-bond donors (Lipinski definition) is 0. The van der Waals surface area contributed by atoms with Gasteiger partial charge in [0.1, 0.15) is 0 Å². The monoisotopic (exact) mass is 364 g/mol. The molecule has 0 saturated heterocycles. The molecule has 0 bridgehead atoms. The van der Waals surface area contributed by atoms with Gasteiger partial charge in [-0.3, -0.25) is 17.4 Å². The Hall–Kier alpha value is -0.550. The Morgan fingerprint density at radius 1 is 1.09 bits per heavy atom. The van der Waals surface area contributed by atoms with E-state index >= 15 is 0 Å². The molecule has 0 aliphatic heterocycles. The lowest BCUT2D eigenvalue weighted by Crippen LogP contribution is -2.33. The Balaban J connectivity index is -0.000000637. The van der Waals surface area contributed by atoms with Crippen LogP contribution < -0.4 is 0 Å². The Labute approximate surface area is 126 Å². The van der Waals surface area contributed by atoms with Crippen LogP contribution in [-0.4, -0.2) is 54.3 Å². The molecule has 0 spiro atoms. The van der Waals surface area contributed by atoms with E-state index in [-0.39, 0.29) is 19.5 Å². The van der Waals surface area contributed by atoms with Crippen LogP contribution in [0.2, 0.25) is 0 Å². The van der Waals surface area contributed by atoms with Crippen molar-refractivity contribution in [2.24, 2.45) is 0 Å². The van der Waals surface area contributed by atoms with E-state index < -0.39 is 41.4 Å². The average molecular weight is 364 g/mol. The van der Waals surface area contributed by atoms with Gasteiger partial charge >= 0.3 is 6.18 Å². The number of hydrogen-bond acceptors (Lipinski definition) is 4. The Kier molecular flexibility index (Phi) is 18.4. The molecule has 0 rings (SSSR count). The number of halogens is 6. The van der Waals surface area contributed by atoms with Crippen molar-refractivity contribution in [2.75, 3.05) is 33.6 Å². The third-order valence-electron chi connectivity index (χ3n) is 1.88. The van der Waals surface area contributed by atoms with Crippen LogP contribution >= 0.6 is 0 Å². The molecule has 1 atom stereocenters. The van der Waals surface area contributed by atoms with Crippen LogP contribution in [0.25, 0.3) is 0 Å². The van der Waals surface area contributed by atoms with Gasteiger partial charge in [0.15, 0.2) is 12.0 Å². The summed E-state index contributed by atoms with van der Waals surface area (Å²) in [5.41, 5.74) is 0. The van der Waals surface area contributed by atoms with Crippen molar-refractivity contribution in [3.8, 4) is 0 Å². The number of rotatable bonds is 8. The van der Waals surface area contributed by atoms with Gasteiger partial charge < -0.3 is 4.74 Å². The first-order valence-corrected chi connectivity index (χ1v) is 7.68. The van der Waals surface area contributed by atoms with Gasteiger partial charge in [-0.25, -0.2) is 0 Å². The average Bonchev–Trinajstić information content (AvgIpc) is 2.44. The van der Waals surface area contributed by atoms with Crippen molar-refractivity contribution in [3.63, 3.8) is 0 Å². The second-order valence-electron chi connectivity index (χ2n) is 3.49. The second-order valence-corrected chi connectivity index (χ2v) is 5.18. The number of unbranched alkanes of at least 4 members (excludes halogenated alkanes) is 1. The van der Waals surface area contributed by atoms with Crippen LogP contribution in [0.4, 0.5) is 26.3 Å². The molecule has 4 nitrogen and oxygen atoms in total. The zero-order chi connectivity index (χ0) is 18.2. The smallest absolute Gasteiger partial charge is 0.350 e. The van der Waals surface area contributed by atoms with E-state index in [4.69, 9.17) is 0 Å². The van der Waals surface area contributed by atoms with Gasteiger partial charge in [-0.15, -0.1) is 0 Å². The minimum atomic E-state index is -4.68. The summed E-state index contributed by atoms with van der Waals surface area (Å²) < 4.78 is 98.4. The molecule has 0 fully saturated rings. The van der Waals surface area contributed by atoms with E-state index in [2.05, 4.69) is 8.92 Å². The molecule has 0 amide bonds. The molecule has 0 saturated carbocycles. The van der Waals surface area contributed by atoms with Gasteiger partial charge in [0.25, 0.3) is 10.1 Å². The van der Waals surface area contributed by atoms with E-state index in [1.54, 1.807) is 0 Å². The highest BCUT2D eigenvalue weighted by Crippen LogP contribution is 2.27. The summed E-state index contributed by atoms with van der Waals surface area (Å²) in [5.74, 6) is -1.18. The van der Waals surface area contributed by atoms with Crippen LogP contribution in [0.5, 0.6) is 0 Å².